The molecule has 158 valence electrons. The van der Waals surface area contributed by atoms with Crippen molar-refractivity contribution >= 4 is 11.9 Å². The van der Waals surface area contributed by atoms with Gasteiger partial charge in [-0.25, -0.2) is 4.79 Å². The van der Waals surface area contributed by atoms with Crippen LogP contribution in [0.3, 0.4) is 0 Å². The van der Waals surface area contributed by atoms with Gasteiger partial charge in [0.15, 0.2) is 0 Å². The summed E-state index contributed by atoms with van der Waals surface area (Å²) in [7, 11) is 0. The molecule has 2 N–H and O–H groups in total. The zero-order chi connectivity index (χ0) is 21.1. The number of carbonyl (C=O) groups excluding carboxylic acids is 2. The highest BCUT2D eigenvalue weighted by molar-refractivity contribution is 5.82. The van der Waals surface area contributed by atoms with Crippen molar-refractivity contribution in [3.8, 4) is 0 Å². The standard InChI is InChI=1S/C23H30O6/c1-17(24)28-22(14-13-18-7-3-2-4-8-18)16-20(26)15-19(25)9-5-10-21-11-6-12-23(27)29-21/h2-8,10,12,19-22,25-26H,9,11,13-16H2,1H3. The molecule has 0 saturated carbocycles. The summed E-state index contributed by atoms with van der Waals surface area (Å²) < 4.78 is 10.5. The summed E-state index contributed by atoms with van der Waals surface area (Å²) in [6, 6.07) is 9.88. The van der Waals surface area contributed by atoms with Crippen LogP contribution in [0.5, 0.6) is 0 Å². The number of esters is 2. The maximum atomic E-state index is 11.4. The van der Waals surface area contributed by atoms with Gasteiger partial charge in [0.05, 0.1) is 12.2 Å². The molecule has 6 nitrogen and oxygen atoms in total. The van der Waals surface area contributed by atoms with E-state index in [1.807, 2.05) is 30.3 Å². The summed E-state index contributed by atoms with van der Waals surface area (Å²) in [6.07, 6.45) is 7.19. The van der Waals surface area contributed by atoms with Crippen LogP contribution in [-0.2, 0) is 25.5 Å². The number of aliphatic hydroxyl groups excluding tert-OH is 2. The summed E-state index contributed by atoms with van der Waals surface area (Å²) in [5, 5.41) is 20.5. The lowest BCUT2D eigenvalue weighted by atomic mass is 9.99. The number of ether oxygens (including phenoxy) is 2. The van der Waals surface area contributed by atoms with Crippen molar-refractivity contribution in [2.75, 3.05) is 0 Å². The molecule has 1 aliphatic heterocycles. The maximum Gasteiger partial charge on any atom is 0.331 e. The van der Waals surface area contributed by atoms with Crippen molar-refractivity contribution in [2.45, 2.75) is 69.9 Å². The Balaban J connectivity index is 1.75. The summed E-state index contributed by atoms with van der Waals surface area (Å²) in [4.78, 5) is 22.6. The molecule has 2 rings (SSSR count). The average molecular weight is 402 g/mol. The first-order valence-electron chi connectivity index (χ1n) is 10.0. The van der Waals surface area contributed by atoms with E-state index < -0.39 is 18.3 Å². The molecule has 0 spiro atoms. The summed E-state index contributed by atoms with van der Waals surface area (Å²) in [5.74, 6) is -0.747. The fourth-order valence-electron chi connectivity index (χ4n) is 3.28. The largest absolute Gasteiger partial charge is 0.462 e. The van der Waals surface area contributed by atoms with Gasteiger partial charge in [-0.3, -0.25) is 4.79 Å². The molecule has 0 fully saturated rings. The Morgan fingerprint density at radius 3 is 2.69 bits per heavy atom. The van der Waals surface area contributed by atoms with Crippen LogP contribution in [0, 0.1) is 0 Å². The molecule has 1 aromatic carbocycles. The zero-order valence-corrected chi connectivity index (χ0v) is 16.8. The topological polar surface area (TPSA) is 93.1 Å². The molecule has 0 aliphatic carbocycles. The van der Waals surface area contributed by atoms with Crippen LogP contribution in [0.25, 0.3) is 0 Å². The number of aryl methyl sites for hydroxylation is 1. The number of benzene rings is 1. The van der Waals surface area contributed by atoms with Crippen molar-refractivity contribution in [3.63, 3.8) is 0 Å². The predicted octanol–water partition coefficient (Wildman–Crippen LogP) is 2.87. The highest BCUT2D eigenvalue weighted by Gasteiger charge is 2.20. The Morgan fingerprint density at radius 2 is 2.00 bits per heavy atom. The maximum absolute atomic E-state index is 11.4. The lowest BCUT2D eigenvalue weighted by Gasteiger charge is -2.22. The molecule has 0 saturated heterocycles. The van der Waals surface area contributed by atoms with Gasteiger partial charge in [-0.05, 0) is 37.3 Å². The van der Waals surface area contributed by atoms with E-state index in [0.29, 0.717) is 19.3 Å². The van der Waals surface area contributed by atoms with Gasteiger partial charge >= 0.3 is 11.9 Å². The van der Waals surface area contributed by atoms with Gasteiger partial charge in [0.1, 0.15) is 12.2 Å². The van der Waals surface area contributed by atoms with E-state index in [4.69, 9.17) is 9.47 Å². The summed E-state index contributed by atoms with van der Waals surface area (Å²) in [5.41, 5.74) is 1.14. The lowest BCUT2D eigenvalue weighted by molar-refractivity contribution is -0.148. The second kappa shape index (κ2) is 12.2. The van der Waals surface area contributed by atoms with Gasteiger partial charge < -0.3 is 19.7 Å². The van der Waals surface area contributed by atoms with Crippen LogP contribution in [-0.4, -0.2) is 46.6 Å². The second-order valence-electron chi connectivity index (χ2n) is 7.31. The highest BCUT2D eigenvalue weighted by Crippen LogP contribution is 2.17. The fraction of sp³-hybridized carbons (Fsp3) is 0.478. The number of carbonyl (C=O) groups is 2. The number of cyclic esters (lactones) is 1. The molecule has 0 aromatic heterocycles. The van der Waals surface area contributed by atoms with Crippen LogP contribution < -0.4 is 0 Å². The van der Waals surface area contributed by atoms with Gasteiger partial charge in [-0.2, -0.15) is 0 Å². The predicted molar refractivity (Wildman–Crippen MR) is 109 cm³/mol. The van der Waals surface area contributed by atoms with Gasteiger partial charge in [0.25, 0.3) is 0 Å². The van der Waals surface area contributed by atoms with Crippen LogP contribution >= 0.6 is 0 Å². The Labute approximate surface area is 171 Å². The monoisotopic (exact) mass is 402 g/mol. The minimum Gasteiger partial charge on any atom is -0.462 e. The Hall–Kier alpha value is -2.44. The van der Waals surface area contributed by atoms with Crippen molar-refractivity contribution in [2.24, 2.45) is 0 Å². The van der Waals surface area contributed by atoms with Crippen LogP contribution in [0.2, 0.25) is 0 Å². The first-order valence-corrected chi connectivity index (χ1v) is 10.0. The average Bonchev–Trinajstić information content (AvgIpc) is 2.66. The van der Waals surface area contributed by atoms with E-state index >= 15 is 0 Å². The zero-order valence-electron chi connectivity index (χ0n) is 16.8. The Morgan fingerprint density at radius 1 is 1.24 bits per heavy atom. The molecular weight excluding hydrogens is 372 g/mol. The molecule has 0 radical (unpaired) electrons. The number of rotatable bonds is 11. The van der Waals surface area contributed by atoms with Gasteiger partial charge in [0, 0.05) is 25.8 Å². The molecule has 1 aliphatic rings. The molecule has 0 amide bonds. The minimum atomic E-state index is -0.783. The van der Waals surface area contributed by atoms with Crippen molar-refractivity contribution in [1.82, 2.24) is 0 Å². The van der Waals surface area contributed by atoms with E-state index in [1.54, 1.807) is 18.2 Å². The molecule has 6 heteroatoms. The molecule has 1 aromatic rings. The lowest BCUT2D eigenvalue weighted by Crippen LogP contribution is -2.26. The minimum absolute atomic E-state index is 0.178. The third-order valence-electron chi connectivity index (χ3n) is 4.66. The van der Waals surface area contributed by atoms with E-state index in [9.17, 15) is 19.8 Å². The first-order chi connectivity index (χ1) is 13.9. The van der Waals surface area contributed by atoms with Crippen molar-refractivity contribution in [1.29, 1.82) is 0 Å². The molecule has 4 atom stereocenters. The molecule has 0 bridgehead atoms. The smallest absolute Gasteiger partial charge is 0.331 e. The SMILES string of the molecule is CC(=O)OC(CCc1ccccc1)CC(O)CC(O)CC=CC1CC=CC(=O)O1. The number of aliphatic hydroxyl groups is 2. The molecular formula is C23H30O6. The van der Waals surface area contributed by atoms with E-state index in [-0.39, 0.29) is 30.9 Å². The Kier molecular flexibility index (Phi) is 9.60. The number of hydrogen-bond donors (Lipinski definition) is 2. The van der Waals surface area contributed by atoms with Gasteiger partial charge in [-0.15, -0.1) is 0 Å². The molecule has 29 heavy (non-hydrogen) atoms. The van der Waals surface area contributed by atoms with Crippen molar-refractivity contribution < 1.29 is 29.3 Å². The highest BCUT2D eigenvalue weighted by atomic mass is 16.5. The van der Waals surface area contributed by atoms with E-state index in [1.165, 1.54) is 13.0 Å². The van der Waals surface area contributed by atoms with E-state index in [0.717, 1.165) is 12.0 Å². The van der Waals surface area contributed by atoms with E-state index in [2.05, 4.69) is 0 Å². The quantitative estimate of drug-likeness (QED) is 0.437. The second-order valence-corrected chi connectivity index (χ2v) is 7.31. The van der Waals surface area contributed by atoms with Crippen LogP contribution in [0.1, 0.15) is 44.6 Å². The fourth-order valence-corrected chi connectivity index (χ4v) is 3.28. The van der Waals surface area contributed by atoms with Gasteiger partial charge in [0.2, 0.25) is 0 Å². The number of hydrogen-bond acceptors (Lipinski definition) is 6. The van der Waals surface area contributed by atoms with Crippen LogP contribution in [0.4, 0.5) is 0 Å². The van der Waals surface area contributed by atoms with Gasteiger partial charge in [-0.1, -0.05) is 42.5 Å². The summed E-state index contributed by atoms with van der Waals surface area (Å²) >= 11 is 0. The molecule has 4 unspecified atom stereocenters. The normalized spacial score (nSPS) is 19.6. The molecule has 1 heterocycles. The summed E-state index contributed by atoms with van der Waals surface area (Å²) in [6.45, 7) is 1.36. The van der Waals surface area contributed by atoms with Crippen molar-refractivity contribution in [3.05, 3.63) is 60.2 Å². The van der Waals surface area contributed by atoms with Crippen LogP contribution in [0.15, 0.2) is 54.6 Å². The first kappa shape index (κ1) is 22.8. The third-order valence-corrected chi connectivity index (χ3v) is 4.66. The third kappa shape index (κ3) is 9.54. The Bertz CT molecular complexity index is 697.